The molecule has 3 rings (SSSR count). The van der Waals surface area contributed by atoms with E-state index >= 15 is 0 Å². The van der Waals surface area contributed by atoms with Crippen LogP contribution < -0.4 is 10.2 Å². The van der Waals surface area contributed by atoms with Crippen LogP contribution in [0, 0.1) is 0 Å². The van der Waals surface area contributed by atoms with Crippen molar-refractivity contribution in [2.75, 3.05) is 50.0 Å². The van der Waals surface area contributed by atoms with Crippen LogP contribution >= 0.6 is 11.6 Å². The van der Waals surface area contributed by atoms with Gasteiger partial charge in [-0.15, -0.1) is 0 Å². The summed E-state index contributed by atoms with van der Waals surface area (Å²) in [6, 6.07) is 13.9. The molecule has 1 saturated heterocycles. The molecule has 2 aromatic rings. The van der Waals surface area contributed by atoms with Gasteiger partial charge in [-0.25, -0.2) is 8.42 Å². The number of nitrogens with zero attached hydrogens (tertiary/aromatic N) is 3. The standard InChI is InChI=1S/C22H29ClN4O3S/c1-17(2)25(3)31(29,30)21-10-6-19(7-11-21)24-22(28)16-26-12-14-27(15-13-26)20-8-4-18(23)5-9-20/h4-11,17H,12-16H2,1-3H3,(H,24,28). The first kappa shape index (κ1) is 23.5. The summed E-state index contributed by atoms with van der Waals surface area (Å²) in [5.74, 6) is -0.116. The first-order valence-corrected chi connectivity index (χ1v) is 12.1. The SMILES string of the molecule is CC(C)N(C)S(=O)(=O)c1ccc(NC(=O)CN2CCN(c3ccc(Cl)cc3)CC2)cc1. The minimum atomic E-state index is -3.54. The fraction of sp³-hybridized carbons (Fsp3) is 0.409. The molecule has 1 aliphatic rings. The smallest absolute Gasteiger partial charge is 0.243 e. The predicted octanol–water partition coefficient (Wildman–Crippen LogP) is 3.13. The lowest BCUT2D eigenvalue weighted by molar-refractivity contribution is -0.117. The summed E-state index contributed by atoms with van der Waals surface area (Å²) in [6.07, 6.45) is 0. The summed E-state index contributed by atoms with van der Waals surface area (Å²) in [5.41, 5.74) is 1.71. The molecular weight excluding hydrogens is 436 g/mol. The van der Waals surface area contributed by atoms with Crippen LogP contribution in [-0.4, -0.2) is 69.3 Å². The van der Waals surface area contributed by atoms with E-state index in [4.69, 9.17) is 11.6 Å². The highest BCUT2D eigenvalue weighted by molar-refractivity contribution is 7.89. The fourth-order valence-electron chi connectivity index (χ4n) is 3.37. The second-order valence-electron chi connectivity index (χ2n) is 7.93. The Balaban J connectivity index is 1.50. The van der Waals surface area contributed by atoms with E-state index in [2.05, 4.69) is 15.1 Å². The third-order valence-electron chi connectivity index (χ3n) is 5.47. The van der Waals surface area contributed by atoms with Gasteiger partial charge in [-0.05, 0) is 62.4 Å². The van der Waals surface area contributed by atoms with Gasteiger partial charge >= 0.3 is 0 Å². The van der Waals surface area contributed by atoms with Crippen molar-refractivity contribution < 1.29 is 13.2 Å². The van der Waals surface area contributed by atoms with Gasteiger partial charge in [0.05, 0.1) is 11.4 Å². The summed E-state index contributed by atoms with van der Waals surface area (Å²) in [4.78, 5) is 17.0. The van der Waals surface area contributed by atoms with E-state index < -0.39 is 10.0 Å². The quantitative estimate of drug-likeness (QED) is 0.681. The molecule has 0 spiro atoms. The van der Waals surface area contributed by atoms with E-state index in [0.29, 0.717) is 12.2 Å². The van der Waals surface area contributed by atoms with E-state index in [1.807, 2.05) is 38.1 Å². The molecule has 1 aliphatic heterocycles. The number of benzene rings is 2. The van der Waals surface area contributed by atoms with Crippen molar-refractivity contribution in [2.24, 2.45) is 0 Å². The topological polar surface area (TPSA) is 73.0 Å². The highest BCUT2D eigenvalue weighted by Gasteiger charge is 2.23. The number of carbonyl (C=O) groups is 1. The summed E-state index contributed by atoms with van der Waals surface area (Å²) < 4.78 is 26.4. The lowest BCUT2D eigenvalue weighted by Gasteiger charge is -2.35. The molecule has 0 radical (unpaired) electrons. The fourth-order valence-corrected chi connectivity index (χ4v) is 4.87. The Morgan fingerprint density at radius 2 is 1.61 bits per heavy atom. The van der Waals surface area contributed by atoms with Crippen molar-refractivity contribution in [3.8, 4) is 0 Å². The molecule has 1 amide bonds. The Hall–Kier alpha value is -2.13. The van der Waals surface area contributed by atoms with E-state index in [0.717, 1.165) is 36.9 Å². The summed E-state index contributed by atoms with van der Waals surface area (Å²) in [5, 5.41) is 3.57. The average molecular weight is 465 g/mol. The van der Waals surface area contributed by atoms with Gasteiger partial charge in [0.2, 0.25) is 15.9 Å². The number of nitrogens with one attached hydrogen (secondary N) is 1. The number of sulfonamides is 1. The van der Waals surface area contributed by atoms with Crippen LogP contribution in [0.25, 0.3) is 0 Å². The van der Waals surface area contributed by atoms with E-state index in [1.54, 1.807) is 19.2 Å². The minimum absolute atomic E-state index is 0.116. The lowest BCUT2D eigenvalue weighted by atomic mass is 10.2. The van der Waals surface area contributed by atoms with Crippen molar-refractivity contribution in [1.29, 1.82) is 0 Å². The number of amides is 1. The third-order valence-corrected chi connectivity index (χ3v) is 7.77. The number of rotatable bonds is 7. The molecule has 0 unspecified atom stereocenters. The first-order chi connectivity index (χ1) is 14.7. The Kier molecular flexibility index (Phi) is 7.59. The van der Waals surface area contributed by atoms with Gasteiger partial charge in [0.25, 0.3) is 0 Å². The maximum atomic E-state index is 12.5. The molecule has 0 atom stereocenters. The molecule has 7 nitrogen and oxygen atoms in total. The highest BCUT2D eigenvalue weighted by Crippen LogP contribution is 2.20. The molecule has 31 heavy (non-hydrogen) atoms. The Morgan fingerprint density at radius 1 is 1.03 bits per heavy atom. The summed E-state index contributed by atoms with van der Waals surface area (Å²) in [7, 11) is -1.98. The normalized spacial score (nSPS) is 15.5. The molecule has 0 bridgehead atoms. The molecule has 1 heterocycles. The molecular formula is C22H29ClN4O3S. The van der Waals surface area contributed by atoms with Crippen LogP contribution in [0.2, 0.25) is 5.02 Å². The van der Waals surface area contributed by atoms with Crippen molar-refractivity contribution in [1.82, 2.24) is 9.21 Å². The predicted molar refractivity (Wildman–Crippen MR) is 125 cm³/mol. The molecule has 0 aliphatic carbocycles. The molecule has 0 saturated carbocycles. The van der Waals surface area contributed by atoms with Gasteiger partial charge in [0.1, 0.15) is 0 Å². The van der Waals surface area contributed by atoms with Crippen molar-refractivity contribution >= 4 is 38.9 Å². The third kappa shape index (κ3) is 5.98. The summed E-state index contributed by atoms with van der Waals surface area (Å²) >= 11 is 5.95. The largest absolute Gasteiger partial charge is 0.369 e. The van der Waals surface area contributed by atoms with E-state index in [9.17, 15) is 13.2 Å². The molecule has 1 fully saturated rings. The van der Waals surface area contributed by atoms with Crippen LogP contribution in [0.1, 0.15) is 13.8 Å². The van der Waals surface area contributed by atoms with Gasteiger partial charge in [-0.2, -0.15) is 4.31 Å². The maximum Gasteiger partial charge on any atom is 0.243 e. The van der Waals surface area contributed by atoms with Crippen LogP contribution in [0.5, 0.6) is 0 Å². The molecule has 0 aromatic heterocycles. The van der Waals surface area contributed by atoms with Gasteiger partial charge in [-0.3, -0.25) is 9.69 Å². The Bertz CT molecular complexity index is 986. The van der Waals surface area contributed by atoms with Crippen molar-refractivity contribution in [3.63, 3.8) is 0 Å². The summed E-state index contributed by atoms with van der Waals surface area (Å²) in [6.45, 7) is 7.19. The van der Waals surface area contributed by atoms with Crippen LogP contribution in [0.15, 0.2) is 53.4 Å². The van der Waals surface area contributed by atoms with E-state index in [-0.39, 0.29) is 16.8 Å². The Labute approximate surface area is 189 Å². The molecule has 168 valence electrons. The second kappa shape index (κ2) is 9.99. The van der Waals surface area contributed by atoms with Crippen molar-refractivity contribution in [2.45, 2.75) is 24.8 Å². The van der Waals surface area contributed by atoms with Gasteiger partial charge in [-0.1, -0.05) is 11.6 Å². The zero-order valence-electron chi connectivity index (χ0n) is 18.1. The first-order valence-electron chi connectivity index (χ1n) is 10.3. The van der Waals surface area contributed by atoms with Gasteiger partial charge < -0.3 is 10.2 Å². The molecule has 2 aromatic carbocycles. The molecule has 1 N–H and O–H groups in total. The number of carbonyl (C=O) groups excluding carboxylic acids is 1. The van der Waals surface area contributed by atoms with Gasteiger partial charge in [0.15, 0.2) is 0 Å². The van der Waals surface area contributed by atoms with Crippen molar-refractivity contribution in [3.05, 3.63) is 53.6 Å². The number of hydrogen-bond donors (Lipinski definition) is 1. The highest BCUT2D eigenvalue weighted by atomic mass is 35.5. The number of halogens is 1. The zero-order chi connectivity index (χ0) is 22.6. The zero-order valence-corrected chi connectivity index (χ0v) is 19.7. The number of hydrogen-bond acceptors (Lipinski definition) is 5. The van der Waals surface area contributed by atoms with Crippen LogP contribution in [-0.2, 0) is 14.8 Å². The van der Waals surface area contributed by atoms with E-state index in [1.165, 1.54) is 16.4 Å². The average Bonchev–Trinajstić information content (AvgIpc) is 2.74. The monoisotopic (exact) mass is 464 g/mol. The second-order valence-corrected chi connectivity index (χ2v) is 10.4. The minimum Gasteiger partial charge on any atom is -0.369 e. The Morgan fingerprint density at radius 3 is 2.16 bits per heavy atom. The maximum absolute atomic E-state index is 12.5. The molecule has 9 heteroatoms. The number of anilines is 2. The van der Waals surface area contributed by atoms with Crippen LogP contribution in [0.3, 0.4) is 0 Å². The van der Waals surface area contributed by atoms with Crippen LogP contribution in [0.4, 0.5) is 11.4 Å². The van der Waals surface area contributed by atoms with Gasteiger partial charge in [0, 0.05) is 55.7 Å². The lowest BCUT2D eigenvalue weighted by Crippen LogP contribution is -2.48. The number of piperazine rings is 1.